The summed E-state index contributed by atoms with van der Waals surface area (Å²) >= 11 is 8.68. The van der Waals surface area contributed by atoms with Crippen LogP contribution in [0.5, 0.6) is 0 Å². The summed E-state index contributed by atoms with van der Waals surface area (Å²) in [7, 11) is 0. The molecule has 1 atom stereocenters. The molecular weight excluding hydrogens is 395 g/mol. The van der Waals surface area contributed by atoms with E-state index in [1.807, 2.05) is 12.1 Å². The monoisotopic (exact) mass is 410 g/mol. The third-order valence-corrected chi connectivity index (χ3v) is 6.53. The standard InChI is InChI=1S/C18H16ClFN2O2S2/c19-15-7-6-12(25-15)9-16(23)22(10-11-3-2-8-24-11)18-21-17-13(20)4-1-5-14(17)26-18/h1,4-7,11H,2-3,8-10H2. The Kier molecular flexibility index (Phi) is 5.22. The highest BCUT2D eigenvalue weighted by Gasteiger charge is 2.27. The van der Waals surface area contributed by atoms with E-state index in [2.05, 4.69) is 4.98 Å². The van der Waals surface area contributed by atoms with Crippen molar-refractivity contribution in [1.82, 2.24) is 4.98 Å². The van der Waals surface area contributed by atoms with Crippen LogP contribution < -0.4 is 4.90 Å². The van der Waals surface area contributed by atoms with E-state index in [-0.39, 0.29) is 24.2 Å². The van der Waals surface area contributed by atoms with Crippen LogP contribution >= 0.6 is 34.3 Å². The number of ether oxygens (including phenoxy) is 1. The highest BCUT2D eigenvalue weighted by atomic mass is 35.5. The molecule has 4 rings (SSSR count). The van der Waals surface area contributed by atoms with Crippen molar-refractivity contribution in [1.29, 1.82) is 0 Å². The molecular formula is C18H16ClFN2O2S2. The molecule has 1 aromatic carbocycles. The molecule has 4 nitrogen and oxygen atoms in total. The molecule has 0 bridgehead atoms. The predicted molar refractivity (Wildman–Crippen MR) is 104 cm³/mol. The van der Waals surface area contributed by atoms with Crippen LogP contribution in [0.4, 0.5) is 9.52 Å². The van der Waals surface area contributed by atoms with Crippen LogP contribution in [0, 0.1) is 5.82 Å². The van der Waals surface area contributed by atoms with Crippen molar-refractivity contribution < 1.29 is 13.9 Å². The van der Waals surface area contributed by atoms with Crippen molar-refractivity contribution in [2.45, 2.75) is 25.4 Å². The molecule has 0 aliphatic carbocycles. The molecule has 2 aromatic heterocycles. The molecule has 0 spiro atoms. The van der Waals surface area contributed by atoms with Gasteiger partial charge in [-0.3, -0.25) is 9.69 Å². The third-order valence-electron chi connectivity index (χ3n) is 4.25. The van der Waals surface area contributed by atoms with Crippen LogP contribution in [0.15, 0.2) is 30.3 Å². The van der Waals surface area contributed by atoms with E-state index in [1.54, 1.807) is 17.0 Å². The van der Waals surface area contributed by atoms with Crippen molar-refractivity contribution in [2.75, 3.05) is 18.1 Å². The number of hydrogen-bond donors (Lipinski definition) is 0. The molecule has 1 unspecified atom stereocenters. The lowest BCUT2D eigenvalue weighted by molar-refractivity contribution is -0.118. The summed E-state index contributed by atoms with van der Waals surface area (Å²) < 4.78 is 21.1. The second kappa shape index (κ2) is 7.60. The van der Waals surface area contributed by atoms with Gasteiger partial charge in [-0.2, -0.15) is 0 Å². The summed E-state index contributed by atoms with van der Waals surface area (Å²) in [4.78, 5) is 19.9. The van der Waals surface area contributed by atoms with Gasteiger partial charge in [0, 0.05) is 11.5 Å². The molecule has 0 radical (unpaired) electrons. The summed E-state index contributed by atoms with van der Waals surface area (Å²) in [6, 6.07) is 8.48. The average Bonchev–Trinajstić information content (AvgIpc) is 3.34. The minimum absolute atomic E-state index is 0.0114. The van der Waals surface area contributed by atoms with Gasteiger partial charge in [-0.1, -0.05) is 29.0 Å². The van der Waals surface area contributed by atoms with E-state index in [9.17, 15) is 9.18 Å². The lowest BCUT2D eigenvalue weighted by Gasteiger charge is -2.22. The first-order chi connectivity index (χ1) is 12.6. The van der Waals surface area contributed by atoms with Gasteiger partial charge in [0.2, 0.25) is 5.91 Å². The first-order valence-corrected chi connectivity index (χ1v) is 10.3. The molecule has 26 heavy (non-hydrogen) atoms. The Balaban J connectivity index is 1.64. The van der Waals surface area contributed by atoms with Gasteiger partial charge in [-0.25, -0.2) is 9.37 Å². The first-order valence-electron chi connectivity index (χ1n) is 8.31. The van der Waals surface area contributed by atoms with Gasteiger partial charge in [0.1, 0.15) is 11.3 Å². The number of fused-ring (bicyclic) bond motifs is 1. The summed E-state index contributed by atoms with van der Waals surface area (Å²) in [5.74, 6) is -0.460. The van der Waals surface area contributed by atoms with E-state index < -0.39 is 0 Å². The summed E-state index contributed by atoms with van der Waals surface area (Å²) in [5.41, 5.74) is 0.303. The molecule has 8 heteroatoms. The maximum Gasteiger partial charge on any atom is 0.234 e. The topological polar surface area (TPSA) is 42.4 Å². The zero-order valence-electron chi connectivity index (χ0n) is 13.8. The minimum atomic E-state index is -0.375. The average molecular weight is 411 g/mol. The molecule has 1 aliphatic rings. The van der Waals surface area contributed by atoms with Crippen LogP contribution in [0.1, 0.15) is 17.7 Å². The van der Waals surface area contributed by atoms with Crippen LogP contribution in [-0.2, 0) is 16.0 Å². The Bertz CT molecular complexity index is 936. The minimum Gasteiger partial charge on any atom is -0.376 e. The zero-order valence-corrected chi connectivity index (χ0v) is 16.2. The number of benzene rings is 1. The van der Waals surface area contributed by atoms with Crippen molar-refractivity contribution in [3.63, 3.8) is 0 Å². The van der Waals surface area contributed by atoms with E-state index >= 15 is 0 Å². The number of anilines is 1. The van der Waals surface area contributed by atoms with Crippen LogP contribution in [-0.4, -0.2) is 30.1 Å². The largest absolute Gasteiger partial charge is 0.376 e. The highest BCUT2D eigenvalue weighted by molar-refractivity contribution is 7.22. The number of amides is 1. The zero-order chi connectivity index (χ0) is 18.1. The molecule has 136 valence electrons. The quantitative estimate of drug-likeness (QED) is 0.600. The SMILES string of the molecule is O=C(Cc1ccc(Cl)s1)N(CC1CCCO1)c1nc2c(F)cccc2s1. The summed E-state index contributed by atoms with van der Waals surface area (Å²) in [6.45, 7) is 1.14. The lowest BCUT2D eigenvalue weighted by atomic mass is 10.2. The van der Waals surface area contributed by atoms with E-state index in [1.165, 1.54) is 28.7 Å². The number of carbonyl (C=O) groups is 1. The second-order valence-corrected chi connectivity index (χ2v) is 8.91. The summed E-state index contributed by atoms with van der Waals surface area (Å²) in [6.07, 6.45) is 2.13. The Morgan fingerprint density at radius 2 is 2.23 bits per heavy atom. The van der Waals surface area contributed by atoms with Gasteiger partial charge < -0.3 is 4.74 Å². The van der Waals surface area contributed by atoms with Gasteiger partial charge in [-0.05, 0) is 37.1 Å². The third kappa shape index (κ3) is 3.76. The van der Waals surface area contributed by atoms with Crippen molar-refractivity contribution in [3.8, 4) is 0 Å². The Morgan fingerprint density at radius 1 is 1.35 bits per heavy atom. The number of para-hydroxylation sites is 1. The van der Waals surface area contributed by atoms with E-state index in [0.29, 0.717) is 28.1 Å². The number of thiophene rings is 1. The van der Waals surface area contributed by atoms with Crippen molar-refractivity contribution >= 4 is 55.5 Å². The number of aromatic nitrogens is 1. The molecule has 1 fully saturated rings. The Labute approximate surface area is 163 Å². The number of thiazole rings is 1. The van der Waals surface area contributed by atoms with E-state index in [4.69, 9.17) is 16.3 Å². The molecule has 0 N–H and O–H groups in total. The normalized spacial score (nSPS) is 17.1. The smallest absolute Gasteiger partial charge is 0.234 e. The van der Waals surface area contributed by atoms with E-state index in [0.717, 1.165) is 22.4 Å². The van der Waals surface area contributed by atoms with Gasteiger partial charge >= 0.3 is 0 Å². The van der Waals surface area contributed by atoms with Crippen LogP contribution in [0.2, 0.25) is 4.34 Å². The van der Waals surface area contributed by atoms with Crippen LogP contribution in [0.3, 0.4) is 0 Å². The molecule has 1 amide bonds. The number of rotatable bonds is 5. The number of carbonyl (C=O) groups excluding carboxylic acids is 1. The van der Waals surface area contributed by atoms with Crippen molar-refractivity contribution in [2.24, 2.45) is 0 Å². The van der Waals surface area contributed by atoms with Gasteiger partial charge in [0.05, 0.1) is 28.1 Å². The van der Waals surface area contributed by atoms with Gasteiger partial charge in [0.25, 0.3) is 0 Å². The number of hydrogen-bond acceptors (Lipinski definition) is 5. The fourth-order valence-electron chi connectivity index (χ4n) is 2.99. The molecule has 1 aliphatic heterocycles. The first kappa shape index (κ1) is 17.9. The molecule has 1 saturated heterocycles. The Hall–Kier alpha value is -1.54. The maximum absolute atomic E-state index is 14.0. The lowest BCUT2D eigenvalue weighted by Crippen LogP contribution is -2.38. The van der Waals surface area contributed by atoms with Crippen LogP contribution in [0.25, 0.3) is 10.2 Å². The second-order valence-electron chi connectivity index (χ2n) is 6.10. The predicted octanol–water partition coefficient (Wildman–Crippen LogP) is 4.91. The fraction of sp³-hybridized carbons (Fsp3) is 0.333. The van der Waals surface area contributed by atoms with Gasteiger partial charge in [0.15, 0.2) is 5.13 Å². The Morgan fingerprint density at radius 3 is 2.92 bits per heavy atom. The number of halogens is 2. The molecule has 3 aromatic rings. The maximum atomic E-state index is 14.0. The van der Waals surface area contributed by atoms with Crippen molar-refractivity contribution in [3.05, 3.63) is 45.4 Å². The molecule has 3 heterocycles. The molecule has 0 saturated carbocycles. The fourth-order valence-corrected chi connectivity index (χ4v) is 5.07. The highest BCUT2D eigenvalue weighted by Crippen LogP contribution is 2.32. The number of nitrogens with zero attached hydrogens (tertiary/aromatic N) is 2. The summed E-state index contributed by atoms with van der Waals surface area (Å²) in [5, 5.41) is 0.508. The van der Waals surface area contributed by atoms with Gasteiger partial charge in [-0.15, -0.1) is 11.3 Å².